The minimum Gasteiger partial charge on any atom is -0.369 e. The van der Waals surface area contributed by atoms with Crippen molar-refractivity contribution in [3.05, 3.63) is 34.1 Å². The summed E-state index contributed by atoms with van der Waals surface area (Å²) >= 11 is 6.08. The molecular formula is C17H20ClFN2O2. The van der Waals surface area contributed by atoms with Gasteiger partial charge in [0.25, 0.3) is 0 Å². The molecule has 2 atom stereocenters. The van der Waals surface area contributed by atoms with Crippen LogP contribution in [0.5, 0.6) is 0 Å². The third-order valence-electron chi connectivity index (χ3n) is 4.98. The fourth-order valence-corrected chi connectivity index (χ4v) is 4.05. The molecule has 0 aromatic heterocycles. The number of carbonyl (C=O) groups excluding carboxylic acids is 2. The lowest BCUT2D eigenvalue weighted by Crippen LogP contribution is -2.42. The Kier molecular flexibility index (Phi) is 4.57. The van der Waals surface area contributed by atoms with Crippen LogP contribution < -0.4 is 5.73 Å². The maximum Gasteiger partial charge on any atom is 0.226 e. The zero-order valence-corrected chi connectivity index (χ0v) is 13.6. The van der Waals surface area contributed by atoms with Gasteiger partial charge in [0.05, 0.1) is 0 Å². The molecule has 6 heteroatoms. The Morgan fingerprint density at radius 1 is 1.26 bits per heavy atom. The topological polar surface area (TPSA) is 63.4 Å². The number of nitrogens with two attached hydrogens (primary N) is 1. The van der Waals surface area contributed by atoms with E-state index < -0.39 is 0 Å². The Balaban J connectivity index is 1.73. The molecule has 0 radical (unpaired) electrons. The van der Waals surface area contributed by atoms with Gasteiger partial charge in [0, 0.05) is 29.9 Å². The van der Waals surface area contributed by atoms with Gasteiger partial charge >= 0.3 is 0 Å². The van der Waals surface area contributed by atoms with Crippen LogP contribution in [-0.2, 0) is 22.6 Å². The van der Waals surface area contributed by atoms with Crippen molar-refractivity contribution in [2.75, 3.05) is 6.54 Å². The number of fused-ring (bicyclic) bond motifs is 1. The predicted molar refractivity (Wildman–Crippen MR) is 85.2 cm³/mol. The molecule has 1 aromatic carbocycles. The van der Waals surface area contributed by atoms with Gasteiger partial charge in [-0.05, 0) is 48.9 Å². The number of hydrogen-bond acceptors (Lipinski definition) is 2. The quantitative estimate of drug-likeness (QED) is 0.901. The minimum atomic E-state index is -0.380. The fourth-order valence-electron chi connectivity index (χ4n) is 3.73. The average molecular weight is 339 g/mol. The zero-order valence-electron chi connectivity index (χ0n) is 12.9. The highest BCUT2D eigenvalue weighted by Gasteiger charge is 2.33. The van der Waals surface area contributed by atoms with E-state index in [2.05, 4.69) is 0 Å². The normalized spacial score (nSPS) is 24.2. The number of carbonyl (C=O) groups is 2. The number of halogens is 2. The van der Waals surface area contributed by atoms with Crippen molar-refractivity contribution in [2.45, 2.75) is 38.6 Å². The summed E-state index contributed by atoms with van der Waals surface area (Å²) in [4.78, 5) is 25.9. The van der Waals surface area contributed by atoms with Gasteiger partial charge in [-0.25, -0.2) is 4.39 Å². The molecule has 2 N–H and O–H groups in total. The van der Waals surface area contributed by atoms with Crippen molar-refractivity contribution in [3.63, 3.8) is 0 Å². The second-order valence-electron chi connectivity index (χ2n) is 6.50. The number of nitrogens with zero attached hydrogens (tertiary/aromatic N) is 1. The molecule has 2 unspecified atom stereocenters. The minimum absolute atomic E-state index is 0.0435. The van der Waals surface area contributed by atoms with E-state index in [0.717, 1.165) is 30.4 Å². The molecule has 0 bridgehead atoms. The van der Waals surface area contributed by atoms with Crippen LogP contribution in [0, 0.1) is 17.7 Å². The highest BCUT2D eigenvalue weighted by atomic mass is 35.5. The fraction of sp³-hybridized carbons (Fsp3) is 0.529. The molecule has 1 aromatic rings. The molecule has 23 heavy (non-hydrogen) atoms. The van der Waals surface area contributed by atoms with Gasteiger partial charge in [0.15, 0.2) is 0 Å². The lowest BCUT2D eigenvalue weighted by Gasteiger charge is -2.34. The first-order chi connectivity index (χ1) is 11.0. The van der Waals surface area contributed by atoms with E-state index in [0.29, 0.717) is 31.0 Å². The van der Waals surface area contributed by atoms with E-state index in [9.17, 15) is 14.0 Å². The van der Waals surface area contributed by atoms with E-state index in [1.54, 1.807) is 4.90 Å². The van der Waals surface area contributed by atoms with Gasteiger partial charge in [0.1, 0.15) is 5.82 Å². The number of amides is 2. The molecule has 0 spiro atoms. The number of rotatable bonds is 2. The molecule has 4 nitrogen and oxygen atoms in total. The van der Waals surface area contributed by atoms with Crippen LogP contribution in [0.25, 0.3) is 0 Å². The van der Waals surface area contributed by atoms with Crippen molar-refractivity contribution < 1.29 is 14.0 Å². The zero-order chi connectivity index (χ0) is 16.6. The summed E-state index contributed by atoms with van der Waals surface area (Å²) in [6.45, 7) is 0.957. The molecule has 2 amide bonds. The van der Waals surface area contributed by atoms with Crippen LogP contribution in [0.1, 0.15) is 36.8 Å². The first-order valence-electron chi connectivity index (χ1n) is 8.00. The van der Waals surface area contributed by atoms with E-state index in [4.69, 9.17) is 17.3 Å². The van der Waals surface area contributed by atoms with Crippen molar-refractivity contribution in [3.8, 4) is 0 Å². The number of primary amides is 1. The molecule has 1 aliphatic heterocycles. The van der Waals surface area contributed by atoms with E-state index in [1.165, 1.54) is 12.1 Å². The Hall–Kier alpha value is -1.62. The third kappa shape index (κ3) is 3.34. The Bertz CT molecular complexity index is 650. The second-order valence-corrected chi connectivity index (χ2v) is 6.91. The van der Waals surface area contributed by atoms with Crippen LogP contribution in [0.2, 0.25) is 5.02 Å². The molecule has 1 saturated carbocycles. The molecule has 1 aliphatic carbocycles. The van der Waals surface area contributed by atoms with Gasteiger partial charge in [0.2, 0.25) is 11.8 Å². The Morgan fingerprint density at radius 2 is 2.00 bits per heavy atom. The smallest absolute Gasteiger partial charge is 0.226 e. The molecule has 3 rings (SSSR count). The molecule has 124 valence electrons. The lowest BCUT2D eigenvalue weighted by molar-refractivity contribution is -0.138. The van der Waals surface area contributed by atoms with Gasteiger partial charge < -0.3 is 10.6 Å². The maximum absolute atomic E-state index is 13.5. The van der Waals surface area contributed by atoms with Crippen molar-refractivity contribution >= 4 is 23.4 Å². The second kappa shape index (κ2) is 6.48. The Morgan fingerprint density at radius 3 is 2.74 bits per heavy atom. The third-order valence-corrected chi connectivity index (χ3v) is 5.32. The maximum atomic E-state index is 13.5. The van der Waals surface area contributed by atoms with Crippen molar-refractivity contribution in [2.24, 2.45) is 17.6 Å². The monoisotopic (exact) mass is 338 g/mol. The Labute approximate surface area is 139 Å². The highest BCUT2D eigenvalue weighted by Crippen LogP contribution is 2.33. The van der Waals surface area contributed by atoms with Crippen LogP contribution in [-0.4, -0.2) is 23.3 Å². The summed E-state index contributed by atoms with van der Waals surface area (Å²) in [5.74, 6) is -1.02. The van der Waals surface area contributed by atoms with Crippen molar-refractivity contribution in [1.82, 2.24) is 4.90 Å². The van der Waals surface area contributed by atoms with Gasteiger partial charge in [-0.15, -0.1) is 0 Å². The van der Waals surface area contributed by atoms with E-state index >= 15 is 0 Å². The van der Waals surface area contributed by atoms with E-state index in [-0.39, 0.29) is 29.5 Å². The van der Waals surface area contributed by atoms with Crippen LogP contribution >= 0.6 is 11.6 Å². The first kappa shape index (κ1) is 16.2. The summed E-state index contributed by atoms with van der Waals surface area (Å²) in [5.41, 5.74) is 7.09. The van der Waals surface area contributed by atoms with Gasteiger partial charge in [-0.1, -0.05) is 18.0 Å². The van der Waals surface area contributed by atoms with E-state index in [1.807, 2.05) is 0 Å². The summed E-state index contributed by atoms with van der Waals surface area (Å²) < 4.78 is 13.5. The van der Waals surface area contributed by atoms with Gasteiger partial charge in [-0.2, -0.15) is 0 Å². The largest absolute Gasteiger partial charge is 0.369 e. The average Bonchev–Trinajstić information content (AvgIpc) is 2.53. The molecule has 1 fully saturated rings. The molecule has 1 heterocycles. The van der Waals surface area contributed by atoms with Crippen LogP contribution in [0.3, 0.4) is 0 Å². The van der Waals surface area contributed by atoms with Crippen LogP contribution in [0.4, 0.5) is 4.39 Å². The standard InChI is InChI=1S/C17H20ClFN2O2/c18-15-8-13(19)7-12-9-21(5-4-14(12)15)17(23)11-3-1-2-10(6-11)16(20)22/h7-8,10-11H,1-6,9H2,(H2,20,22). The predicted octanol–water partition coefficient (Wildman–Crippen LogP) is 2.66. The highest BCUT2D eigenvalue weighted by molar-refractivity contribution is 6.31. The SMILES string of the molecule is NC(=O)C1CCCC(C(=O)N2CCc3c(Cl)cc(F)cc3C2)C1. The first-order valence-corrected chi connectivity index (χ1v) is 8.38. The molecular weight excluding hydrogens is 319 g/mol. The van der Waals surface area contributed by atoms with Crippen LogP contribution in [0.15, 0.2) is 12.1 Å². The molecule has 0 saturated heterocycles. The van der Waals surface area contributed by atoms with Crippen molar-refractivity contribution in [1.29, 1.82) is 0 Å². The lowest BCUT2D eigenvalue weighted by atomic mass is 9.80. The summed E-state index contributed by atoms with van der Waals surface area (Å²) in [6.07, 6.45) is 3.56. The summed E-state index contributed by atoms with van der Waals surface area (Å²) in [5, 5.41) is 0.429. The number of hydrogen-bond donors (Lipinski definition) is 1. The van der Waals surface area contributed by atoms with Gasteiger partial charge in [-0.3, -0.25) is 9.59 Å². The summed E-state index contributed by atoms with van der Waals surface area (Å²) in [7, 11) is 0. The number of benzene rings is 1. The summed E-state index contributed by atoms with van der Waals surface area (Å²) in [6, 6.07) is 2.77. The molecule has 2 aliphatic rings.